The third-order valence-electron chi connectivity index (χ3n) is 3.62. The van der Waals surface area contributed by atoms with Crippen LogP contribution in [0.1, 0.15) is 32.8 Å². The van der Waals surface area contributed by atoms with Crippen LogP contribution in [0.15, 0.2) is 23.2 Å². The number of guanidine groups is 1. The molecule has 6 nitrogen and oxygen atoms in total. The van der Waals surface area contributed by atoms with Crippen molar-refractivity contribution in [2.24, 2.45) is 10.9 Å². The van der Waals surface area contributed by atoms with E-state index in [0.717, 1.165) is 13.0 Å². The summed E-state index contributed by atoms with van der Waals surface area (Å²) in [5.41, 5.74) is 0.553. The Kier molecular flexibility index (Phi) is 11.2. The maximum atomic E-state index is 12.8. The van der Waals surface area contributed by atoms with E-state index in [0.29, 0.717) is 42.9 Å². The van der Waals surface area contributed by atoms with Crippen molar-refractivity contribution >= 4 is 5.96 Å². The normalized spacial score (nSPS) is 11.8. The van der Waals surface area contributed by atoms with Crippen molar-refractivity contribution in [2.45, 2.75) is 40.3 Å². The molecule has 0 fully saturated rings. The minimum atomic E-state index is -2.93. The molecule has 0 saturated carbocycles. The van der Waals surface area contributed by atoms with Crippen molar-refractivity contribution in [1.82, 2.24) is 10.6 Å². The number of nitrogens with zero attached hydrogens (tertiary/aromatic N) is 1. The second kappa shape index (κ2) is 13.1. The zero-order valence-corrected chi connectivity index (χ0v) is 16.6. The Morgan fingerprint density at radius 2 is 1.96 bits per heavy atom. The number of nitrogens with one attached hydrogen (secondary N) is 2. The summed E-state index contributed by atoms with van der Waals surface area (Å²) in [7, 11) is 1.64. The lowest BCUT2D eigenvalue weighted by molar-refractivity contribution is -0.0520. The van der Waals surface area contributed by atoms with Gasteiger partial charge in [-0.25, -0.2) is 0 Å². The molecule has 1 aromatic rings. The summed E-state index contributed by atoms with van der Waals surface area (Å²) in [5.74, 6) is 1.49. The fourth-order valence-electron chi connectivity index (χ4n) is 2.25. The molecule has 0 aromatic heterocycles. The number of hydrogen-bond acceptors (Lipinski definition) is 4. The van der Waals surface area contributed by atoms with Gasteiger partial charge in [0, 0.05) is 32.3 Å². The van der Waals surface area contributed by atoms with Gasteiger partial charge in [-0.15, -0.1) is 0 Å². The van der Waals surface area contributed by atoms with Crippen molar-refractivity contribution in [3.05, 3.63) is 23.8 Å². The number of hydrogen-bond donors (Lipinski definition) is 2. The molecule has 0 saturated heterocycles. The molecule has 0 aliphatic carbocycles. The quantitative estimate of drug-likeness (QED) is 0.327. The van der Waals surface area contributed by atoms with Crippen LogP contribution in [0.4, 0.5) is 8.78 Å². The van der Waals surface area contributed by atoms with Crippen LogP contribution in [0, 0.1) is 5.92 Å². The molecule has 154 valence electrons. The van der Waals surface area contributed by atoms with Crippen molar-refractivity contribution in [2.75, 3.05) is 33.4 Å². The number of benzene rings is 1. The fraction of sp³-hybridized carbons (Fsp3) is 0.632. The Balaban J connectivity index is 2.55. The van der Waals surface area contributed by atoms with Crippen LogP contribution in [0.25, 0.3) is 0 Å². The molecule has 1 rings (SSSR count). The molecule has 0 bridgehead atoms. The summed E-state index contributed by atoms with van der Waals surface area (Å²) >= 11 is 0. The molecule has 0 atom stereocenters. The van der Waals surface area contributed by atoms with E-state index in [4.69, 9.17) is 9.47 Å². The number of para-hydroxylation sites is 1. The van der Waals surface area contributed by atoms with Crippen LogP contribution in [0.3, 0.4) is 0 Å². The highest BCUT2D eigenvalue weighted by molar-refractivity contribution is 5.79. The van der Waals surface area contributed by atoms with E-state index in [1.165, 1.54) is 0 Å². The van der Waals surface area contributed by atoms with Crippen LogP contribution < -0.4 is 20.1 Å². The van der Waals surface area contributed by atoms with Gasteiger partial charge < -0.3 is 24.8 Å². The van der Waals surface area contributed by atoms with E-state index in [-0.39, 0.29) is 12.3 Å². The van der Waals surface area contributed by atoms with Crippen LogP contribution in [0.2, 0.25) is 0 Å². The van der Waals surface area contributed by atoms with E-state index in [1.807, 2.05) is 0 Å². The third-order valence-corrected chi connectivity index (χ3v) is 3.62. The summed E-state index contributed by atoms with van der Waals surface area (Å²) in [5, 5.41) is 6.20. The Labute approximate surface area is 160 Å². The van der Waals surface area contributed by atoms with Gasteiger partial charge in [-0.1, -0.05) is 26.0 Å². The second-order valence-electron chi connectivity index (χ2n) is 6.20. The van der Waals surface area contributed by atoms with Gasteiger partial charge in [0.2, 0.25) is 0 Å². The first-order chi connectivity index (χ1) is 13.0. The summed E-state index contributed by atoms with van der Waals surface area (Å²) in [6, 6.07) is 5.04. The van der Waals surface area contributed by atoms with E-state index in [1.54, 1.807) is 32.2 Å². The molecule has 1 aromatic carbocycles. The standard InChI is InChI=1S/C19H31F2N3O3/c1-5-26-16-8-6-7-15(17(16)27-18(20)21)13-24-19(22-4)23-10-12-25-11-9-14(2)3/h6-8,14,18H,5,9-13H2,1-4H3,(H2,22,23,24). The molecule has 8 heteroatoms. The zero-order valence-electron chi connectivity index (χ0n) is 16.6. The number of aliphatic imine (C=N–C) groups is 1. The minimum Gasteiger partial charge on any atom is -0.490 e. The van der Waals surface area contributed by atoms with Crippen LogP contribution >= 0.6 is 0 Å². The van der Waals surface area contributed by atoms with Gasteiger partial charge in [0.05, 0.1) is 13.2 Å². The average molecular weight is 387 g/mol. The predicted octanol–water partition coefficient (Wildman–Crippen LogP) is 3.41. The van der Waals surface area contributed by atoms with Crippen molar-refractivity contribution in [3.8, 4) is 11.5 Å². The Hall–Kier alpha value is -2.09. The average Bonchev–Trinajstić information content (AvgIpc) is 2.62. The van der Waals surface area contributed by atoms with E-state index in [9.17, 15) is 8.78 Å². The van der Waals surface area contributed by atoms with E-state index in [2.05, 4.69) is 34.2 Å². The first kappa shape index (κ1) is 23.0. The number of ether oxygens (including phenoxy) is 3. The molecule has 0 aliphatic rings. The molecular weight excluding hydrogens is 356 g/mol. The van der Waals surface area contributed by atoms with Gasteiger partial charge in [-0.2, -0.15) is 8.78 Å². The second-order valence-corrected chi connectivity index (χ2v) is 6.20. The highest BCUT2D eigenvalue weighted by atomic mass is 19.3. The molecule has 0 spiro atoms. The molecule has 2 N–H and O–H groups in total. The largest absolute Gasteiger partial charge is 0.490 e. The summed E-state index contributed by atoms with van der Waals surface area (Å²) < 4.78 is 41.1. The van der Waals surface area contributed by atoms with Crippen molar-refractivity contribution in [1.29, 1.82) is 0 Å². The predicted molar refractivity (Wildman–Crippen MR) is 103 cm³/mol. The fourth-order valence-corrected chi connectivity index (χ4v) is 2.25. The summed E-state index contributed by atoms with van der Waals surface area (Å²) in [6.45, 7) is 5.67. The third kappa shape index (κ3) is 9.42. The van der Waals surface area contributed by atoms with Gasteiger partial charge in [0.15, 0.2) is 17.5 Å². The molecular formula is C19H31F2N3O3. The molecule has 0 unspecified atom stereocenters. The maximum Gasteiger partial charge on any atom is 0.387 e. The Morgan fingerprint density at radius 3 is 2.59 bits per heavy atom. The lowest BCUT2D eigenvalue weighted by atomic mass is 10.1. The van der Waals surface area contributed by atoms with Crippen LogP contribution in [0.5, 0.6) is 11.5 Å². The number of halogens is 2. The molecule has 0 heterocycles. The number of rotatable bonds is 12. The highest BCUT2D eigenvalue weighted by Gasteiger charge is 2.15. The van der Waals surface area contributed by atoms with Gasteiger partial charge in [0.1, 0.15) is 0 Å². The monoisotopic (exact) mass is 387 g/mol. The van der Waals surface area contributed by atoms with Crippen LogP contribution in [-0.2, 0) is 11.3 Å². The SMILES string of the molecule is CCOc1cccc(CNC(=NC)NCCOCCC(C)C)c1OC(F)F. The minimum absolute atomic E-state index is 0.0364. The highest BCUT2D eigenvalue weighted by Crippen LogP contribution is 2.32. The van der Waals surface area contributed by atoms with Gasteiger partial charge >= 0.3 is 6.61 Å². The lowest BCUT2D eigenvalue weighted by Crippen LogP contribution is -2.38. The Morgan fingerprint density at radius 1 is 1.19 bits per heavy atom. The topological polar surface area (TPSA) is 64.1 Å². The molecule has 0 amide bonds. The smallest absolute Gasteiger partial charge is 0.387 e. The van der Waals surface area contributed by atoms with Gasteiger partial charge in [0.25, 0.3) is 0 Å². The summed E-state index contributed by atoms with van der Waals surface area (Å²) in [4.78, 5) is 4.12. The molecule has 0 radical (unpaired) electrons. The molecule has 27 heavy (non-hydrogen) atoms. The lowest BCUT2D eigenvalue weighted by Gasteiger charge is -2.17. The summed E-state index contributed by atoms with van der Waals surface area (Å²) in [6.07, 6.45) is 1.02. The first-order valence-corrected chi connectivity index (χ1v) is 9.19. The zero-order chi connectivity index (χ0) is 20.1. The maximum absolute atomic E-state index is 12.8. The number of alkyl halides is 2. The van der Waals surface area contributed by atoms with E-state index >= 15 is 0 Å². The van der Waals surface area contributed by atoms with Gasteiger partial charge in [-0.05, 0) is 25.3 Å². The molecule has 0 aliphatic heterocycles. The van der Waals surface area contributed by atoms with Crippen molar-refractivity contribution < 1.29 is 23.0 Å². The van der Waals surface area contributed by atoms with E-state index < -0.39 is 6.61 Å². The van der Waals surface area contributed by atoms with Crippen molar-refractivity contribution in [3.63, 3.8) is 0 Å². The first-order valence-electron chi connectivity index (χ1n) is 9.19. The van der Waals surface area contributed by atoms with Gasteiger partial charge in [-0.3, -0.25) is 4.99 Å². The van der Waals surface area contributed by atoms with Crippen LogP contribution in [-0.4, -0.2) is 46.0 Å². The Bertz CT molecular complexity index is 569.